The van der Waals surface area contributed by atoms with E-state index >= 15 is 0 Å². The molecule has 0 aromatic carbocycles. The Bertz CT molecular complexity index is 172. The predicted molar refractivity (Wildman–Crippen MR) is 48.7 cm³/mol. The van der Waals surface area contributed by atoms with Crippen molar-refractivity contribution in [3.05, 3.63) is 0 Å². The summed E-state index contributed by atoms with van der Waals surface area (Å²) in [5, 5.41) is 11.5. The standard InChI is InChI=1S/C9H17NO3/c1-13-8-4-2-3-7(5-8)10-6-9(11)12/h7-8,10H,2-6H2,1H3,(H,11,12). The number of nitrogens with one attached hydrogen (secondary N) is 1. The minimum atomic E-state index is -0.792. The fourth-order valence-corrected chi connectivity index (χ4v) is 1.78. The van der Waals surface area contributed by atoms with E-state index in [4.69, 9.17) is 9.84 Å². The van der Waals surface area contributed by atoms with Gasteiger partial charge in [-0.2, -0.15) is 0 Å². The second kappa shape index (κ2) is 5.19. The highest BCUT2D eigenvalue weighted by molar-refractivity contribution is 5.69. The predicted octanol–water partition coefficient (Wildman–Crippen LogP) is 0.618. The molecule has 4 nitrogen and oxygen atoms in total. The molecule has 13 heavy (non-hydrogen) atoms. The Morgan fingerprint density at radius 1 is 1.62 bits per heavy atom. The molecule has 0 bridgehead atoms. The van der Waals surface area contributed by atoms with Gasteiger partial charge in [-0.3, -0.25) is 4.79 Å². The van der Waals surface area contributed by atoms with E-state index in [-0.39, 0.29) is 6.54 Å². The van der Waals surface area contributed by atoms with E-state index in [0.29, 0.717) is 12.1 Å². The van der Waals surface area contributed by atoms with E-state index in [9.17, 15) is 4.79 Å². The van der Waals surface area contributed by atoms with Gasteiger partial charge in [-0.05, 0) is 25.7 Å². The van der Waals surface area contributed by atoms with Gasteiger partial charge in [0.15, 0.2) is 0 Å². The Balaban J connectivity index is 2.21. The van der Waals surface area contributed by atoms with Crippen molar-refractivity contribution in [1.82, 2.24) is 5.32 Å². The highest BCUT2D eigenvalue weighted by Gasteiger charge is 2.21. The van der Waals surface area contributed by atoms with Gasteiger partial charge < -0.3 is 15.2 Å². The van der Waals surface area contributed by atoms with Crippen molar-refractivity contribution in [2.75, 3.05) is 13.7 Å². The molecule has 0 aromatic heterocycles. The minimum Gasteiger partial charge on any atom is -0.480 e. The number of hydrogen-bond acceptors (Lipinski definition) is 3. The Labute approximate surface area is 78.3 Å². The molecule has 4 heteroatoms. The third-order valence-electron chi connectivity index (χ3n) is 2.50. The molecule has 1 aliphatic carbocycles. The Hall–Kier alpha value is -0.610. The SMILES string of the molecule is COC1CCCC(NCC(=O)O)C1. The number of carboxylic acids is 1. The molecular weight excluding hydrogens is 170 g/mol. The Morgan fingerprint density at radius 3 is 3.00 bits per heavy atom. The smallest absolute Gasteiger partial charge is 0.317 e. The van der Waals surface area contributed by atoms with Gasteiger partial charge in [0.1, 0.15) is 0 Å². The van der Waals surface area contributed by atoms with Crippen molar-refractivity contribution in [3.8, 4) is 0 Å². The maximum absolute atomic E-state index is 10.3. The minimum absolute atomic E-state index is 0.0566. The molecule has 1 rings (SSSR count). The largest absolute Gasteiger partial charge is 0.480 e. The van der Waals surface area contributed by atoms with Gasteiger partial charge in [0.2, 0.25) is 0 Å². The molecule has 0 aromatic rings. The molecule has 0 amide bonds. The summed E-state index contributed by atoms with van der Waals surface area (Å²) >= 11 is 0. The number of carboxylic acid groups (broad SMARTS) is 1. The summed E-state index contributed by atoms with van der Waals surface area (Å²) in [5.74, 6) is -0.792. The number of carbonyl (C=O) groups is 1. The maximum Gasteiger partial charge on any atom is 0.317 e. The van der Waals surface area contributed by atoms with E-state index in [1.165, 1.54) is 0 Å². The summed E-state index contributed by atoms with van der Waals surface area (Å²) in [7, 11) is 1.71. The lowest BCUT2D eigenvalue weighted by Crippen LogP contribution is -2.39. The van der Waals surface area contributed by atoms with Gasteiger partial charge >= 0.3 is 5.97 Å². The molecule has 2 atom stereocenters. The normalized spacial score (nSPS) is 28.7. The van der Waals surface area contributed by atoms with E-state index in [1.807, 2.05) is 0 Å². The summed E-state index contributed by atoms with van der Waals surface area (Å²) in [6.07, 6.45) is 4.52. The molecule has 0 heterocycles. The van der Waals surface area contributed by atoms with Crippen LogP contribution >= 0.6 is 0 Å². The van der Waals surface area contributed by atoms with Gasteiger partial charge in [0.25, 0.3) is 0 Å². The lowest BCUT2D eigenvalue weighted by Gasteiger charge is -2.28. The topological polar surface area (TPSA) is 58.6 Å². The third kappa shape index (κ3) is 3.74. The van der Waals surface area contributed by atoms with Crippen molar-refractivity contribution in [2.45, 2.75) is 37.8 Å². The lowest BCUT2D eigenvalue weighted by molar-refractivity contribution is -0.136. The van der Waals surface area contributed by atoms with Crippen LogP contribution in [0.1, 0.15) is 25.7 Å². The van der Waals surface area contributed by atoms with Crippen LogP contribution in [-0.2, 0) is 9.53 Å². The molecule has 1 saturated carbocycles. The van der Waals surface area contributed by atoms with Crippen LogP contribution < -0.4 is 5.32 Å². The summed E-state index contributed by atoms with van der Waals surface area (Å²) in [5.41, 5.74) is 0. The molecule has 0 aliphatic heterocycles. The summed E-state index contributed by atoms with van der Waals surface area (Å²) in [6.45, 7) is 0.0566. The Kier molecular flexibility index (Phi) is 4.18. The van der Waals surface area contributed by atoms with Crippen LogP contribution in [0.2, 0.25) is 0 Å². The molecule has 0 radical (unpaired) electrons. The van der Waals surface area contributed by atoms with Crippen molar-refractivity contribution >= 4 is 5.97 Å². The van der Waals surface area contributed by atoms with Crippen LogP contribution in [-0.4, -0.2) is 36.9 Å². The number of methoxy groups -OCH3 is 1. The van der Waals surface area contributed by atoms with Gasteiger partial charge in [0.05, 0.1) is 12.6 Å². The first kappa shape index (κ1) is 10.5. The molecular formula is C9H17NO3. The van der Waals surface area contributed by atoms with Gasteiger partial charge in [-0.25, -0.2) is 0 Å². The second-order valence-corrected chi connectivity index (χ2v) is 3.50. The Morgan fingerprint density at radius 2 is 2.38 bits per heavy atom. The second-order valence-electron chi connectivity index (χ2n) is 3.50. The zero-order valence-electron chi connectivity index (χ0n) is 7.95. The van der Waals surface area contributed by atoms with Crippen molar-refractivity contribution < 1.29 is 14.6 Å². The van der Waals surface area contributed by atoms with Gasteiger partial charge in [-0.1, -0.05) is 0 Å². The zero-order valence-corrected chi connectivity index (χ0v) is 7.95. The lowest BCUT2D eigenvalue weighted by atomic mass is 9.93. The van der Waals surface area contributed by atoms with Crippen molar-refractivity contribution in [1.29, 1.82) is 0 Å². The first-order valence-electron chi connectivity index (χ1n) is 4.70. The molecule has 1 aliphatic rings. The van der Waals surface area contributed by atoms with Crippen molar-refractivity contribution in [3.63, 3.8) is 0 Å². The highest BCUT2D eigenvalue weighted by Crippen LogP contribution is 2.20. The van der Waals surface area contributed by atoms with E-state index in [0.717, 1.165) is 25.7 Å². The van der Waals surface area contributed by atoms with Gasteiger partial charge in [0, 0.05) is 13.2 Å². The average Bonchev–Trinajstić information content (AvgIpc) is 2.15. The van der Waals surface area contributed by atoms with Gasteiger partial charge in [-0.15, -0.1) is 0 Å². The maximum atomic E-state index is 10.3. The first-order valence-corrected chi connectivity index (χ1v) is 4.70. The zero-order chi connectivity index (χ0) is 9.68. The van der Waals surface area contributed by atoms with E-state index in [1.54, 1.807) is 7.11 Å². The monoisotopic (exact) mass is 187 g/mol. The summed E-state index contributed by atoms with van der Waals surface area (Å²) in [4.78, 5) is 10.3. The van der Waals surface area contributed by atoms with E-state index in [2.05, 4.69) is 5.32 Å². The van der Waals surface area contributed by atoms with Crippen LogP contribution in [0.15, 0.2) is 0 Å². The summed E-state index contributed by atoms with van der Waals surface area (Å²) in [6, 6.07) is 0.315. The number of rotatable bonds is 4. The van der Waals surface area contributed by atoms with Crippen LogP contribution in [0.4, 0.5) is 0 Å². The first-order chi connectivity index (χ1) is 6.22. The van der Waals surface area contributed by atoms with Crippen molar-refractivity contribution in [2.24, 2.45) is 0 Å². The molecule has 76 valence electrons. The van der Waals surface area contributed by atoms with Crippen LogP contribution in [0.25, 0.3) is 0 Å². The molecule has 2 unspecified atom stereocenters. The fraction of sp³-hybridized carbons (Fsp3) is 0.889. The number of hydrogen-bond donors (Lipinski definition) is 2. The third-order valence-corrected chi connectivity index (χ3v) is 2.50. The van der Waals surface area contributed by atoms with Crippen LogP contribution in [0.5, 0.6) is 0 Å². The molecule has 0 spiro atoms. The average molecular weight is 187 g/mol. The molecule has 2 N–H and O–H groups in total. The summed E-state index contributed by atoms with van der Waals surface area (Å²) < 4.78 is 5.24. The fourth-order valence-electron chi connectivity index (χ4n) is 1.78. The van der Waals surface area contributed by atoms with Crippen LogP contribution in [0, 0.1) is 0 Å². The number of ether oxygens (including phenoxy) is 1. The molecule has 1 fully saturated rings. The number of aliphatic carboxylic acids is 1. The van der Waals surface area contributed by atoms with E-state index < -0.39 is 5.97 Å². The van der Waals surface area contributed by atoms with Crippen LogP contribution in [0.3, 0.4) is 0 Å². The molecule has 0 saturated heterocycles. The quantitative estimate of drug-likeness (QED) is 0.677. The highest BCUT2D eigenvalue weighted by atomic mass is 16.5.